The summed E-state index contributed by atoms with van der Waals surface area (Å²) in [7, 11) is 0. The van der Waals surface area contributed by atoms with E-state index in [2.05, 4.69) is 10.3 Å². The molecular weight excluding hydrogens is 311 g/mol. The normalized spacial score (nSPS) is 21.1. The minimum absolute atomic E-state index is 0. The topological polar surface area (TPSA) is 119 Å². The molecule has 1 aliphatic heterocycles. The van der Waals surface area contributed by atoms with Crippen molar-refractivity contribution in [1.82, 2.24) is 5.32 Å². The fourth-order valence-corrected chi connectivity index (χ4v) is 2.30. The maximum Gasteiger partial charge on any atom is 1.00 e. The predicted octanol–water partition coefficient (Wildman–Crippen LogP) is -1.93. The number of aliphatic carboxylic acids is 1. The van der Waals surface area contributed by atoms with Gasteiger partial charge in [0.15, 0.2) is 0 Å². The van der Waals surface area contributed by atoms with E-state index in [4.69, 9.17) is 5.11 Å². The van der Waals surface area contributed by atoms with Crippen molar-refractivity contribution >= 4 is 23.8 Å². The smallest absolute Gasteiger partial charge is 0.846 e. The first-order valence-corrected chi connectivity index (χ1v) is 7.59. The Kier molecular flexibility index (Phi) is 12.3. The number of rotatable bonds is 6. The van der Waals surface area contributed by atoms with Gasteiger partial charge in [-0.05, 0) is 18.8 Å². The standard InChI is InChI=1S/C10H16N2O3.C5H10O2.Na/c1-4-6(3)10(5-2)7(13)11-9(15)12-8(10)14;1-2-3-4-5(6)7;/h6H,4-5H2,1-3H3,(H2,11,12,13,14,15);2-4H2,1H3,(H,6,7);/q;;+1/p-1. The number of nitrogens with one attached hydrogen (secondary N) is 1. The van der Waals surface area contributed by atoms with E-state index >= 15 is 0 Å². The summed E-state index contributed by atoms with van der Waals surface area (Å²) < 4.78 is 0. The van der Waals surface area contributed by atoms with Crippen LogP contribution >= 0.6 is 0 Å². The van der Waals surface area contributed by atoms with Gasteiger partial charge in [0, 0.05) is 6.42 Å². The van der Waals surface area contributed by atoms with Crippen LogP contribution in [-0.2, 0) is 14.4 Å². The Morgan fingerprint density at radius 3 is 2.22 bits per heavy atom. The van der Waals surface area contributed by atoms with Crippen molar-refractivity contribution in [2.75, 3.05) is 0 Å². The predicted molar refractivity (Wildman–Crippen MR) is 79.9 cm³/mol. The number of aliphatic imine (C=N–C) groups is 1. The van der Waals surface area contributed by atoms with Crippen molar-refractivity contribution < 1.29 is 54.2 Å². The van der Waals surface area contributed by atoms with Crippen LogP contribution in [0.2, 0.25) is 0 Å². The summed E-state index contributed by atoms with van der Waals surface area (Å²) in [5.74, 6) is -1.92. The Bertz CT molecular complexity index is 453. The van der Waals surface area contributed by atoms with Crippen molar-refractivity contribution in [2.24, 2.45) is 16.3 Å². The van der Waals surface area contributed by atoms with Crippen molar-refractivity contribution in [1.29, 1.82) is 0 Å². The summed E-state index contributed by atoms with van der Waals surface area (Å²) in [6, 6.07) is -0.850. The number of amidine groups is 1. The van der Waals surface area contributed by atoms with E-state index in [9.17, 15) is 19.5 Å². The average molecular weight is 336 g/mol. The number of carboxylic acids is 1. The van der Waals surface area contributed by atoms with Gasteiger partial charge in [-0.2, -0.15) is 0 Å². The Balaban J connectivity index is 0. The molecule has 0 bridgehead atoms. The van der Waals surface area contributed by atoms with Gasteiger partial charge in [0.2, 0.25) is 5.91 Å². The van der Waals surface area contributed by atoms with Gasteiger partial charge in [-0.1, -0.05) is 40.5 Å². The number of nitrogens with zero attached hydrogens (tertiary/aromatic N) is 1. The number of carbonyl (C=O) groups excluding carboxylic acids is 2. The SMILES string of the molecule is CCC(C)C1(CC)C(=O)N=C([O-])NC1=O.CCCCC(=O)O.[Na+]. The quantitative estimate of drug-likeness (QED) is 0.432. The largest absolute Gasteiger partial charge is 1.00 e. The molecule has 2 atom stereocenters. The zero-order valence-electron chi connectivity index (χ0n) is 14.6. The number of carboxylic acid groups (broad SMARTS) is 1. The van der Waals surface area contributed by atoms with E-state index in [1.165, 1.54) is 0 Å². The first-order chi connectivity index (χ1) is 10.3. The third-order valence-electron chi connectivity index (χ3n) is 3.97. The van der Waals surface area contributed by atoms with Crippen LogP contribution < -0.4 is 40.0 Å². The molecule has 0 aliphatic carbocycles. The second-order valence-electron chi connectivity index (χ2n) is 5.31. The fourth-order valence-electron chi connectivity index (χ4n) is 2.30. The fraction of sp³-hybridized carbons (Fsp3) is 0.733. The Morgan fingerprint density at radius 2 is 1.91 bits per heavy atom. The van der Waals surface area contributed by atoms with Gasteiger partial charge in [-0.3, -0.25) is 14.4 Å². The number of hydrogen-bond donors (Lipinski definition) is 2. The zero-order chi connectivity index (χ0) is 17.3. The van der Waals surface area contributed by atoms with E-state index in [-0.39, 0.29) is 35.5 Å². The molecule has 2 N–H and O–H groups in total. The van der Waals surface area contributed by atoms with Crippen molar-refractivity contribution in [3.05, 3.63) is 0 Å². The Hall–Kier alpha value is -0.920. The van der Waals surface area contributed by atoms with Crippen LogP contribution in [0.5, 0.6) is 0 Å². The van der Waals surface area contributed by atoms with Crippen LogP contribution in [0.4, 0.5) is 0 Å². The molecule has 0 radical (unpaired) electrons. The third-order valence-corrected chi connectivity index (χ3v) is 3.97. The van der Waals surface area contributed by atoms with E-state index in [0.29, 0.717) is 19.3 Å². The maximum absolute atomic E-state index is 11.8. The molecule has 0 spiro atoms. The molecule has 7 nitrogen and oxygen atoms in total. The van der Waals surface area contributed by atoms with Gasteiger partial charge >= 0.3 is 35.5 Å². The molecule has 126 valence electrons. The molecule has 2 amide bonds. The molecule has 1 rings (SSSR count). The summed E-state index contributed by atoms with van der Waals surface area (Å²) >= 11 is 0. The molecule has 0 saturated carbocycles. The molecule has 0 aromatic carbocycles. The van der Waals surface area contributed by atoms with E-state index in [1.54, 1.807) is 6.92 Å². The van der Waals surface area contributed by atoms with Gasteiger partial charge in [0.05, 0.1) is 6.02 Å². The first-order valence-electron chi connectivity index (χ1n) is 7.59. The van der Waals surface area contributed by atoms with E-state index in [1.807, 2.05) is 20.8 Å². The van der Waals surface area contributed by atoms with Crippen molar-refractivity contribution in [3.63, 3.8) is 0 Å². The van der Waals surface area contributed by atoms with Crippen LogP contribution in [0.1, 0.15) is 59.8 Å². The maximum atomic E-state index is 11.8. The minimum atomic E-state index is -1.15. The zero-order valence-corrected chi connectivity index (χ0v) is 16.6. The molecule has 0 saturated heterocycles. The van der Waals surface area contributed by atoms with Gasteiger partial charge in [-0.25, -0.2) is 4.99 Å². The molecule has 0 aromatic rings. The van der Waals surface area contributed by atoms with Crippen LogP contribution in [-0.4, -0.2) is 28.9 Å². The van der Waals surface area contributed by atoms with Crippen LogP contribution in [0.15, 0.2) is 4.99 Å². The third kappa shape index (κ3) is 6.61. The number of amides is 2. The van der Waals surface area contributed by atoms with Crippen molar-refractivity contribution in [3.8, 4) is 0 Å². The molecule has 1 aliphatic rings. The summed E-state index contributed by atoms with van der Waals surface area (Å²) in [6.45, 7) is 7.46. The monoisotopic (exact) mass is 336 g/mol. The number of carbonyl (C=O) groups is 3. The summed E-state index contributed by atoms with van der Waals surface area (Å²) in [4.78, 5) is 36.6. The van der Waals surface area contributed by atoms with Gasteiger partial charge in [0.25, 0.3) is 5.91 Å². The Labute approximate surface area is 159 Å². The van der Waals surface area contributed by atoms with Crippen LogP contribution in [0.25, 0.3) is 0 Å². The van der Waals surface area contributed by atoms with E-state index < -0.39 is 29.2 Å². The molecule has 8 heteroatoms. The summed E-state index contributed by atoms with van der Waals surface area (Å²) in [6.07, 6.45) is 3.14. The molecule has 1 heterocycles. The Morgan fingerprint density at radius 1 is 1.35 bits per heavy atom. The molecule has 2 unspecified atom stereocenters. The molecule has 0 aromatic heterocycles. The first kappa shape index (κ1) is 24.3. The second kappa shape index (κ2) is 11.6. The van der Waals surface area contributed by atoms with Gasteiger partial charge < -0.3 is 15.5 Å². The van der Waals surface area contributed by atoms with Gasteiger partial charge in [0.1, 0.15) is 5.41 Å². The molecule has 0 fully saturated rings. The number of hydrogen-bond acceptors (Lipinski definition) is 4. The van der Waals surface area contributed by atoms with Gasteiger partial charge in [-0.15, -0.1) is 0 Å². The number of unbranched alkanes of at least 4 members (excludes halogenated alkanes) is 1. The molecular formula is C15H25N2NaO5. The average Bonchev–Trinajstić information content (AvgIpc) is 2.45. The van der Waals surface area contributed by atoms with E-state index in [0.717, 1.165) is 12.8 Å². The second-order valence-corrected chi connectivity index (χ2v) is 5.31. The summed E-state index contributed by atoms with van der Waals surface area (Å²) in [5.41, 5.74) is -1.15. The van der Waals surface area contributed by atoms with Crippen LogP contribution in [0.3, 0.4) is 0 Å². The molecule has 23 heavy (non-hydrogen) atoms. The van der Waals surface area contributed by atoms with Crippen molar-refractivity contribution in [2.45, 2.75) is 59.8 Å². The van der Waals surface area contributed by atoms with Crippen LogP contribution in [0, 0.1) is 11.3 Å². The minimum Gasteiger partial charge on any atom is -0.846 e. The summed E-state index contributed by atoms with van der Waals surface area (Å²) in [5, 5.41) is 21.0.